The SMILES string of the molecule is Cc1ccc(C(=O)N(CCN(C)C)c2nc3c(F)cc(F)cc3s2)cc1. The Hall–Kier alpha value is -2.38. The summed E-state index contributed by atoms with van der Waals surface area (Å²) < 4.78 is 27.9. The Balaban J connectivity index is 2.01. The molecule has 0 aliphatic heterocycles. The lowest BCUT2D eigenvalue weighted by Crippen LogP contribution is -2.36. The van der Waals surface area contributed by atoms with Crippen LogP contribution >= 0.6 is 11.3 Å². The van der Waals surface area contributed by atoms with Crippen molar-refractivity contribution in [3.8, 4) is 0 Å². The van der Waals surface area contributed by atoms with Crippen molar-refractivity contribution in [2.75, 3.05) is 32.1 Å². The van der Waals surface area contributed by atoms with E-state index in [0.717, 1.165) is 23.0 Å². The number of carbonyl (C=O) groups excluding carboxylic acids is 1. The highest BCUT2D eigenvalue weighted by Gasteiger charge is 2.22. The summed E-state index contributed by atoms with van der Waals surface area (Å²) in [7, 11) is 3.81. The first-order valence-corrected chi connectivity index (χ1v) is 8.95. The number of likely N-dealkylation sites (N-methyl/N-ethyl adjacent to an activating group) is 1. The van der Waals surface area contributed by atoms with E-state index in [2.05, 4.69) is 4.98 Å². The van der Waals surface area contributed by atoms with Gasteiger partial charge in [-0.25, -0.2) is 13.8 Å². The maximum Gasteiger partial charge on any atom is 0.260 e. The molecule has 3 rings (SSSR count). The largest absolute Gasteiger partial charge is 0.308 e. The van der Waals surface area contributed by atoms with Gasteiger partial charge in [-0.05, 0) is 39.2 Å². The number of halogens is 2. The highest BCUT2D eigenvalue weighted by molar-refractivity contribution is 7.22. The summed E-state index contributed by atoms with van der Waals surface area (Å²) in [6, 6.07) is 9.29. The second-order valence-electron chi connectivity index (χ2n) is 6.36. The van der Waals surface area contributed by atoms with Crippen LogP contribution in [0.3, 0.4) is 0 Å². The van der Waals surface area contributed by atoms with E-state index in [0.29, 0.717) is 28.5 Å². The van der Waals surface area contributed by atoms with Gasteiger partial charge in [0.25, 0.3) is 5.91 Å². The molecule has 0 aliphatic carbocycles. The number of hydrogen-bond acceptors (Lipinski definition) is 4. The minimum absolute atomic E-state index is 0.0814. The third-order valence-corrected chi connectivity index (χ3v) is 4.97. The zero-order chi connectivity index (χ0) is 18.8. The van der Waals surface area contributed by atoms with Crippen molar-refractivity contribution in [3.63, 3.8) is 0 Å². The Morgan fingerprint density at radius 2 is 1.81 bits per heavy atom. The summed E-state index contributed by atoms with van der Waals surface area (Å²) in [6.45, 7) is 2.96. The van der Waals surface area contributed by atoms with Gasteiger partial charge < -0.3 is 4.90 Å². The second kappa shape index (κ2) is 7.47. The first kappa shape index (κ1) is 18.4. The summed E-state index contributed by atoms with van der Waals surface area (Å²) in [6.07, 6.45) is 0. The average molecular weight is 375 g/mol. The van der Waals surface area contributed by atoms with Gasteiger partial charge >= 0.3 is 0 Å². The van der Waals surface area contributed by atoms with Crippen molar-refractivity contribution in [1.29, 1.82) is 0 Å². The van der Waals surface area contributed by atoms with Crippen LogP contribution in [0.4, 0.5) is 13.9 Å². The minimum atomic E-state index is -0.724. The Morgan fingerprint density at radius 1 is 1.12 bits per heavy atom. The second-order valence-corrected chi connectivity index (χ2v) is 7.37. The summed E-state index contributed by atoms with van der Waals surface area (Å²) in [5.74, 6) is -1.60. The first-order valence-electron chi connectivity index (χ1n) is 8.14. The van der Waals surface area contributed by atoms with E-state index in [-0.39, 0.29) is 11.4 Å². The van der Waals surface area contributed by atoms with E-state index in [4.69, 9.17) is 0 Å². The lowest BCUT2D eigenvalue weighted by molar-refractivity contribution is 0.0985. The molecule has 7 heteroatoms. The fourth-order valence-electron chi connectivity index (χ4n) is 2.50. The van der Waals surface area contributed by atoms with Crippen LogP contribution in [0.25, 0.3) is 10.2 Å². The van der Waals surface area contributed by atoms with Crippen LogP contribution < -0.4 is 4.90 Å². The number of rotatable bonds is 5. The van der Waals surface area contributed by atoms with Crippen LogP contribution in [0.5, 0.6) is 0 Å². The topological polar surface area (TPSA) is 36.4 Å². The number of nitrogens with zero attached hydrogens (tertiary/aromatic N) is 3. The summed E-state index contributed by atoms with van der Waals surface area (Å²) in [5.41, 5.74) is 1.66. The fourth-order valence-corrected chi connectivity index (χ4v) is 3.53. The molecule has 0 bridgehead atoms. The number of carbonyl (C=O) groups is 1. The molecular weight excluding hydrogens is 356 g/mol. The number of benzene rings is 2. The zero-order valence-corrected chi connectivity index (χ0v) is 15.6. The van der Waals surface area contributed by atoms with Crippen molar-refractivity contribution in [3.05, 3.63) is 59.2 Å². The third kappa shape index (κ3) is 3.89. The van der Waals surface area contributed by atoms with Gasteiger partial charge in [0.2, 0.25) is 0 Å². The molecule has 136 valence electrons. The molecule has 0 saturated carbocycles. The molecule has 1 amide bonds. The number of hydrogen-bond donors (Lipinski definition) is 0. The Labute approximate surface area is 154 Å². The molecule has 26 heavy (non-hydrogen) atoms. The predicted octanol–water partition coefficient (Wildman–Crippen LogP) is 4.09. The fraction of sp³-hybridized carbons (Fsp3) is 0.263. The molecule has 0 spiro atoms. The molecular formula is C19H19F2N3OS. The molecule has 0 saturated heterocycles. The van der Waals surface area contributed by atoms with Crippen LogP contribution in [0, 0.1) is 18.6 Å². The molecule has 3 aromatic rings. The smallest absolute Gasteiger partial charge is 0.260 e. The van der Waals surface area contributed by atoms with Crippen LogP contribution in [0.15, 0.2) is 36.4 Å². The molecule has 0 radical (unpaired) electrons. The predicted molar refractivity (Wildman–Crippen MR) is 101 cm³/mol. The van der Waals surface area contributed by atoms with Crippen molar-refractivity contribution in [1.82, 2.24) is 9.88 Å². The van der Waals surface area contributed by atoms with Crippen molar-refractivity contribution in [2.24, 2.45) is 0 Å². The normalized spacial score (nSPS) is 11.3. The van der Waals surface area contributed by atoms with Gasteiger partial charge in [0, 0.05) is 24.7 Å². The number of anilines is 1. The number of amides is 1. The van der Waals surface area contributed by atoms with Gasteiger partial charge in [0.05, 0.1) is 4.70 Å². The van der Waals surface area contributed by atoms with E-state index in [1.165, 1.54) is 11.0 Å². The lowest BCUT2D eigenvalue weighted by atomic mass is 10.1. The monoisotopic (exact) mass is 375 g/mol. The maximum atomic E-state index is 14.0. The Kier molecular flexibility index (Phi) is 5.29. The molecule has 0 atom stereocenters. The number of fused-ring (bicyclic) bond motifs is 1. The molecule has 0 fully saturated rings. The zero-order valence-electron chi connectivity index (χ0n) is 14.8. The van der Waals surface area contributed by atoms with Crippen molar-refractivity contribution in [2.45, 2.75) is 6.92 Å². The summed E-state index contributed by atoms with van der Waals surface area (Å²) in [4.78, 5) is 20.7. The summed E-state index contributed by atoms with van der Waals surface area (Å²) in [5, 5.41) is 0.358. The highest BCUT2D eigenvalue weighted by atomic mass is 32.1. The molecule has 1 aromatic heterocycles. The molecule has 1 heterocycles. The third-order valence-electron chi connectivity index (χ3n) is 3.95. The number of aryl methyl sites for hydroxylation is 1. The van der Waals surface area contributed by atoms with Gasteiger partial charge in [-0.15, -0.1) is 0 Å². The maximum absolute atomic E-state index is 14.0. The Bertz CT molecular complexity index is 938. The van der Waals surface area contributed by atoms with E-state index in [1.807, 2.05) is 38.1 Å². The minimum Gasteiger partial charge on any atom is -0.308 e. The molecule has 0 unspecified atom stereocenters. The van der Waals surface area contributed by atoms with E-state index < -0.39 is 11.6 Å². The molecule has 0 aliphatic rings. The summed E-state index contributed by atoms with van der Waals surface area (Å²) >= 11 is 1.11. The Morgan fingerprint density at radius 3 is 2.46 bits per heavy atom. The number of aromatic nitrogens is 1. The average Bonchev–Trinajstić information content (AvgIpc) is 2.99. The highest BCUT2D eigenvalue weighted by Crippen LogP contribution is 2.31. The van der Waals surface area contributed by atoms with Crippen LogP contribution in [0.1, 0.15) is 15.9 Å². The van der Waals surface area contributed by atoms with Gasteiger partial charge in [-0.3, -0.25) is 9.69 Å². The standard InChI is InChI=1S/C19H19F2N3OS/c1-12-4-6-13(7-5-12)18(25)24(9-8-23(2)3)19-22-17-15(21)10-14(20)11-16(17)26-19/h4-7,10-11H,8-9H2,1-3H3. The van der Waals surface area contributed by atoms with Gasteiger partial charge in [-0.1, -0.05) is 29.0 Å². The van der Waals surface area contributed by atoms with Crippen molar-refractivity contribution < 1.29 is 13.6 Å². The van der Waals surface area contributed by atoms with Gasteiger partial charge in [0.15, 0.2) is 10.9 Å². The quantitative estimate of drug-likeness (QED) is 0.674. The van der Waals surface area contributed by atoms with Crippen LogP contribution in [0.2, 0.25) is 0 Å². The van der Waals surface area contributed by atoms with E-state index in [1.54, 1.807) is 12.1 Å². The van der Waals surface area contributed by atoms with E-state index in [9.17, 15) is 13.6 Å². The van der Waals surface area contributed by atoms with Gasteiger partial charge in [-0.2, -0.15) is 0 Å². The molecule has 2 aromatic carbocycles. The van der Waals surface area contributed by atoms with E-state index >= 15 is 0 Å². The van der Waals surface area contributed by atoms with Crippen molar-refractivity contribution >= 4 is 32.6 Å². The van der Waals surface area contributed by atoms with Gasteiger partial charge in [0.1, 0.15) is 11.3 Å². The lowest BCUT2D eigenvalue weighted by Gasteiger charge is -2.22. The molecule has 0 N–H and O–H groups in total. The molecule has 4 nitrogen and oxygen atoms in total. The first-order chi connectivity index (χ1) is 12.3. The number of thiazole rings is 1. The van der Waals surface area contributed by atoms with Crippen LogP contribution in [-0.2, 0) is 0 Å². The van der Waals surface area contributed by atoms with Crippen LogP contribution in [-0.4, -0.2) is 43.0 Å².